The largest absolute Gasteiger partial charge is 0.459 e. The highest BCUT2D eigenvalue weighted by atomic mass is 32.2. The molecule has 0 saturated carbocycles. The molecule has 4 amide bonds. The van der Waals surface area contributed by atoms with Crippen molar-refractivity contribution in [2.45, 2.75) is 102 Å². The predicted molar refractivity (Wildman–Crippen MR) is 230 cm³/mol. The molecule has 2 heterocycles. The molecule has 1 unspecified atom stereocenters. The van der Waals surface area contributed by atoms with Crippen molar-refractivity contribution in [3.8, 4) is 0 Å². The Balaban J connectivity index is 1.34. The Morgan fingerprint density at radius 2 is 1.46 bits per heavy atom. The first-order valence-electron chi connectivity index (χ1n) is 20.9. The molecule has 4 aromatic rings. The third-order valence-electron chi connectivity index (χ3n) is 10.9. The fourth-order valence-electron chi connectivity index (χ4n) is 7.60. The number of nitrogens with one attached hydrogen (secondary N) is 4. The van der Waals surface area contributed by atoms with E-state index in [9.17, 15) is 54.5 Å². The topological polar surface area (TPSA) is 193 Å². The number of para-hydroxylation sites is 1. The van der Waals surface area contributed by atoms with E-state index in [1.54, 1.807) is 68.6 Å². The van der Waals surface area contributed by atoms with Gasteiger partial charge in [-0.15, -0.1) is 0 Å². The normalized spacial score (nSPS) is 16.7. The van der Waals surface area contributed by atoms with Crippen molar-refractivity contribution in [3.63, 3.8) is 0 Å². The number of H-pyrrole nitrogens is 1. The van der Waals surface area contributed by atoms with E-state index in [0.29, 0.717) is 35.0 Å². The van der Waals surface area contributed by atoms with Crippen LogP contribution in [-0.2, 0) is 71.3 Å². The van der Waals surface area contributed by atoms with Gasteiger partial charge in [-0.3, -0.25) is 23.4 Å². The van der Waals surface area contributed by atoms with Gasteiger partial charge >= 0.3 is 18.3 Å². The van der Waals surface area contributed by atoms with Crippen LogP contribution in [0.5, 0.6) is 0 Å². The zero-order chi connectivity index (χ0) is 47.6. The van der Waals surface area contributed by atoms with E-state index >= 15 is 0 Å². The quantitative estimate of drug-likeness (QED) is 0.0616. The lowest BCUT2D eigenvalue weighted by Crippen LogP contribution is -2.58. The zero-order valence-corrected chi connectivity index (χ0v) is 36.7. The third kappa shape index (κ3) is 14.1. The molecule has 65 heavy (non-hydrogen) atoms. The molecule has 0 bridgehead atoms. The zero-order valence-electron chi connectivity index (χ0n) is 35.9. The summed E-state index contributed by atoms with van der Waals surface area (Å²) in [4.78, 5) is 73.6. The number of benzene rings is 3. The molecule has 1 aromatic heterocycles. The number of halogens is 6. The molecule has 1 aliphatic rings. The number of fused-ring (bicyclic) bond motifs is 1. The van der Waals surface area contributed by atoms with E-state index in [1.807, 2.05) is 6.07 Å². The maximum atomic E-state index is 14.1. The fraction of sp³-hybridized carbons (Fsp3) is 0.444. The van der Waals surface area contributed by atoms with Crippen LogP contribution in [0.15, 0.2) is 79.0 Å². The number of amides is 4. The van der Waals surface area contributed by atoms with Gasteiger partial charge in [-0.25, -0.2) is 4.79 Å². The van der Waals surface area contributed by atoms with Crippen molar-refractivity contribution in [1.29, 1.82) is 0 Å². The molecule has 3 aromatic carbocycles. The van der Waals surface area contributed by atoms with Crippen LogP contribution < -0.4 is 21.7 Å². The summed E-state index contributed by atoms with van der Waals surface area (Å²) in [7, 11) is -1.34. The molecule has 1 aliphatic heterocycles. The number of esters is 1. The van der Waals surface area contributed by atoms with Crippen LogP contribution in [0, 0.1) is 5.92 Å². The molecule has 5 rings (SSSR count). The maximum absolute atomic E-state index is 14.1. The molecular formula is C45H52F6N6O7S. The van der Waals surface area contributed by atoms with Crippen LogP contribution in [0.4, 0.5) is 26.3 Å². The minimum absolute atomic E-state index is 0.0138. The van der Waals surface area contributed by atoms with Crippen LogP contribution in [0.1, 0.15) is 67.3 Å². The summed E-state index contributed by atoms with van der Waals surface area (Å²) in [6.07, 6.45) is -6.70. The number of hydrogen-bond acceptors (Lipinski definition) is 8. The first kappa shape index (κ1) is 50.2. The van der Waals surface area contributed by atoms with Gasteiger partial charge < -0.3 is 36.3 Å². The van der Waals surface area contributed by atoms with Crippen LogP contribution in [0.25, 0.3) is 10.9 Å². The minimum atomic E-state index is -5.14. The lowest BCUT2D eigenvalue weighted by molar-refractivity contribution is -0.149. The van der Waals surface area contributed by atoms with Gasteiger partial charge in [-0.05, 0) is 79.0 Å². The number of nitrogens with zero attached hydrogens (tertiary/aromatic N) is 1. The standard InChI is InChI=1S/C45H52F6N6O7S/c1-26(2)18-36(55-41(60)38-14-9-16-57(38)42(61)35(15-17-65(3)63)54-39(58)33(52)21-27-10-5-4-6-11-27)40(59)56-37(22-29-24-53-34-13-8-7-12-32(29)34)43(62)64-25-28-19-30(44(46,47)48)23-31(20-28)45(49,50)51/h4-8,10-13,19-20,23-24,26,33,35-38,53H,9,14-18,21-22,25,52H2,1-3H3,(H,54,58)(H,55,60)(H,56,59)/t33-,35-,36-,37-,38-,65?/m0/s1. The van der Waals surface area contributed by atoms with E-state index < -0.39 is 106 Å². The van der Waals surface area contributed by atoms with Crippen molar-refractivity contribution in [2.75, 3.05) is 18.6 Å². The monoisotopic (exact) mass is 934 g/mol. The number of aromatic nitrogens is 1. The van der Waals surface area contributed by atoms with Crippen molar-refractivity contribution in [1.82, 2.24) is 25.8 Å². The number of carbonyl (C=O) groups excluding carboxylic acids is 5. The number of likely N-dealkylation sites (tertiary alicyclic amines) is 1. The number of hydrogen-bond donors (Lipinski definition) is 5. The Morgan fingerprint density at radius 3 is 2.09 bits per heavy atom. The van der Waals surface area contributed by atoms with Crippen LogP contribution >= 0.6 is 0 Å². The van der Waals surface area contributed by atoms with Crippen LogP contribution in [0.3, 0.4) is 0 Å². The summed E-state index contributed by atoms with van der Waals surface area (Å²) in [6.45, 7) is 2.67. The number of nitrogens with two attached hydrogens (primary N) is 1. The van der Waals surface area contributed by atoms with E-state index in [1.165, 1.54) is 11.2 Å². The summed E-state index contributed by atoms with van der Waals surface area (Å²) in [6, 6.07) is 10.7. The van der Waals surface area contributed by atoms with Gasteiger partial charge in [0.25, 0.3) is 0 Å². The van der Waals surface area contributed by atoms with E-state index in [0.717, 1.165) is 5.56 Å². The van der Waals surface area contributed by atoms with Gasteiger partial charge in [0.2, 0.25) is 23.6 Å². The molecule has 0 aliphatic carbocycles. The highest BCUT2D eigenvalue weighted by molar-refractivity contribution is 7.84. The SMILES string of the molecule is CC(C)C[C@H](NC(=O)[C@@H]1CCCN1C(=O)[C@H](CCS(C)=O)NC(=O)[C@@H](N)Cc1ccccc1)C(=O)N[C@@H](Cc1c[nH]c2ccccc12)C(=O)OCc1cc(C(F)(F)F)cc(C(F)(F)F)c1. The first-order valence-corrected chi connectivity index (χ1v) is 22.6. The molecule has 13 nitrogen and oxygen atoms in total. The average molecular weight is 935 g/mol. The fourth-order valence-corrected chi connectivity index (χ4v) is 8.17. The summed E-state index contributed by atoms with van der Waals surface area (Å²) >= 11 is 0. The summed E-state index contributed by atoms with van der Waals surface area (Å²) in [5, 5.41) is 8.63. The van der Waals surface area contributed by atoms with Crippen molar-refractivity contribution >= 4 is 51.3 Å². The highest BCUT2D eigenvalue weighted by Gasteiger charge is 2.41. The summed E-state index contributed by atoms with van der Waals surface area (Å²) in [5.74, 6) is -4.13. The van der Waals surface area contributed by atoms with Crippen molar-refractivity contribution in [3.05, 3.63) is 107 Å². The second-order valence-corrected chi connectivity index (χ2v) is 18.0. The second kappa shape index (κ2) is 21.9. The summed E-state index contributed by atoms with van der Waals surface area (Å²) < 4.78 is 98.9. The Kier molecular flexibility index (Phi) is 17.0. The van der Waals surface area contributed by atoms with Gasteiger partial charge in [0.05, 0.1) is 17.2 Å². The van der Waals surface area contributed by atoms with Gasteiger partial charge in [0.1, 0.15) is 30.8 Å². The molecule has 1 fully saturated rings. The van der Waals surface area contributed by atoms with Gasteiger partial charge in [-0.1, -0.05) is 62.4 Å². The maximum Gasteiger partial charge on any atom is 0.416 e. The third-order valence-corrected chi connectivity index (χ3v) is 11.7. The van der Waals surface area contributed by atoms with Gasteiger partial charge in [-0.2, -0.15) is 26.3 Å². The molecule has 0 radical (unpaired) electrons. The Morgan fingerprint density at radius 1 is 0.831 bits per heavy atom. The molecule has 352 valence electrons. The van der Waals surface area contributed by atoms with Gasteiger partial charge in [0, 0.05) is 52.9 Å². The van der Waals surface area contributed by atoms with E-state index in [-0.39, 0.29) is 56.4 Å². The van der Waals surface area contributed by atoms with Crippen LogP contribution in [0.2, 0.25) is 0 Å². The predicted octanol–water partition coefficient (Wildman–Crippen LogP) is 5.32. The number of ether oxygens (including phenoxy) is 1. The number of carbonyl (C=O) groups is 5. The first-order chi connectivity index (χ1) is 30.6. The molecular weight excluding hydrogens is 883 g/mol. The van der Waals surface area contributed by atoms with Crippen LogP contribution in [-0.4, -0.2) is 92.5 Å². The van der Waals surface area contributed by atoms with Crippen molar-refractivity contribution in [2.24, 2.45) is 11.7 Å². The number of aromatic amines is 1. The van der Waals surface area contributed by atoms with E-state index in [4.69, 9.17) is 10.5 Å². The number of rotatable bonds is 19. The summed E-state index contributed by atoms with van der Waals surface area (Å²) in [5.41, 5.74) is 4.38. The smallest absolute Gasteiger partial charge is 0.416 e. The molecule has 20 heteroatoms. The Bertz CT molecular complexity index is 2310. The molecule has 6 N–H and O–H groups in total. The lowest BCUT2D eigenvalue weighted by atomic mass is 10.0. The number of alkyl halides is 6. The lowest BCUT2D eigenvalue weighted by Gasteiger charge is -2.31. The van der Waals surface area contributed by atoms with Crippen molar-refractivity contribution < 1.29 is 59.3 Å². The van der Waals surface area contributed by atoms with E-state index in [2.05, 4.69) is 20.9 Å². The Hall–Kier alpha value is -5.76. The molecule has 1 saturated heterocycles. The second-order valence-electron chi connectivity index (χ2n) is 16.5. The minimum Gasteiger partial charge on any atom is -0.459 e. The highest BCUT2D eigenvalue weighted by Crippen LogP contribution is 2.36. The Labute approximate surface area is 374 Å². The van der Waals surface area contributed by atoms with Gasteiger partial charge in [0.15, 0.2) is 0 Å². The molecule has 6 atom stereocenters. The average Bonchev–Trinajstić information content (AvgIpc) is 3.91. The molecule has 0 spiro atoms.